The lowest BCUT2D eigenvalue weighted by Crippen LogP contribution is -2.11. The van der Waals surface area contributed by atoms with Crippen LogP contribution in [0.4, 0.5) is 0 Å². The number of thioether (sulfide) groups is 2. The minimum atomic E-state index is -0.362. The molecule has 0 atom stereocenters. The molecule has 21 heavy (non-hydrogen) atoms. The van der Waals surface area contributed by atoms with Gasteiger partial charge in [0.05, 0.1) is 27.5 Å². The van der Waals surface area contributed by atoms with Gasteiger partial charge in [-0.25, -0.2) is 4.98 Å². The summed E-state index contributed by atoms with van der Waals surface area (Å²) in [5.41, 5.74) is -0.00217. The first-order valence-corrected chi connectivity index (χ1v) is 8.92. The standard InChI is InChI=1S/C12H11N3O3S3/c1-3-18-7(16)5-20-12-14-9(17)8-6(4-13)11(19-2)21-10(8)15-12/h3,5H2,1-2H3,(H,14,15,17). The lowest BCUT2D eigenvalue weighted by Gasteiger charge is -2.01. The molecule has 2 rings (SSSR count). The van der Waals surface area contributed by atoms with Crippen LogP contribution in [-0.2, 0) is 9.53 Å². The molecule has 0 aliphatic rings. The first kappa shape index (κ1) is 15.9. The number of carbonyl (C=O) groups is 1. The number of hydrogen-bond acceptors (Lipinski definition) is 8. The average molecular weight is 341 g/mol. The average Bonchev–Trinajstić information content (AvgIpc) is 2.83. The number of rotatable bonds is 5. The van der Waals surface area contributed by atoms with E-state index in [0.29, 0.717) is 27.5 Å². The Morgan fingerprint density at radius 2 is 2.33 bits per heavy atom. The molecule has 0 unspecified atom stereocenters. The Bertz CT molecular complexity index is 776. The Hall–Kier alpha value is -1.50. The normalized spacial score (nSPS) is 10.5. The van der Waals surface area contributed by atoms with Crippen LogP contribution in [0, 0.1) is 11.3 Å². The van der Waals surface area contributed by atoms with Gasteiger partial charge in [-0.2, -0.15) is 5.26 Å². The largest absolute Gasteiger partial charge is 0.465 e. The van der Waals surface area contributed by atoms with Gasteiger partial charge in [0.1, 0.15) is 10.9 Å². The molecule has 0 spiro atoms. The molecule has 0 aliphatic heterocycles. The van der Waals surface area contributed by atoms with E-state index in [2.05, 4.69) is 9.97 Å². The maximum absolute atomic E-state index is 12.1. The molecule has 0 radical (unpaired) electrons. The van der Waals surface area contributed by atoms with Crippen LogP contribution in [0.3, 0.4) is 0 Å². The van der Waals surface area contributed by atoms with E-state index in [9.17, 15) is 9.59 Å². The van der Waals surface area contributed by atoms with Crippen molar-refractivity contribution in [3.05, 3.63) is 15.9 Å². The highest BCUT2D eigenvalue weighted by Gasteiger charge is 2.17. The zero-order valence-electron chi connectivity index (χ0n) is 11.3. The number of carbonyl (C=O) groups excluding carboxylic acids is 1. The fourth-order valence-electron chi connectivity index (χ4n) is 1.61. The van der Waals surface area contributed by atoms with E-state index in [1.54, 1.807) is 6.92 Å². The van der Waals surface area contributed by atoms with Crippen molar-refractivity contribution in [3.63, 3.8) is 0 Å². The Morgan fingerprint density at radius 3 is 2.95 bits per heavy atom. The third kappa shape index (κ3) is 3.40. The second kappa shape index (κ2) is 6.98. The fraction of sp³-hybridized carbons (Fsp3) is 0.333. The Kier molecular flexibility index (Phi) is 5.27. The molecular formula is C12H11N3O3S3. The van der Waals surface area contributed by atoms with Crippen molar-refractivity contribution in [2.45, 2.75) is 16.3 Å². The highest BCUT2D eigenvalue weighted by atomic mass is 32.2. The van der Waals surface area contributed by atoms with Crippen molar-refractivity contribution < 1.29 is 9.53 Å². The first-order chi connectivity index (χ1) is 10.1. The topological polar surface area (TPSA) is 95.8 Å². The molecule has 0 saturated heterocycles. The van der Waals surface area contributed by atoms with Gasteiger partial charge >= 0.3 is 5.97 Å². The summed E-state index contributed by atoms with van der Waals surface area (Å²) in [5.74, 6) is -0.285. The lowest BCUT2D eigenvalue weighted by atomic mass is 10.3. The van der Waals surface area contributed by atoms with Gasteiger partial charge in [-0.15, -0.1) is 23.1 Å². The maximum atomic E-state index is 12.1. The van der Waals surface area contributed by atoms with Gasteiger partial charge in [-0.3, -0.25) is 9.59 Å². The summed E-state index contributed by atoms with van der Waals surface area (Å²) in [6.07, 6.45) is 1.84. The van der Waals surface area contributed by atoms with Gasteiger partial charge in [0.25, 0.3) is 5.56 Å². The summed E-state index contributed by atoms with van der Waals surface area (Å²) in [5, 5.41) is 9.82. The van der Waals surface area contributed by atoms with Gasteiger partial charge in [0, 0.05) is 0 Å². The summed E-state index contributed by atoms with van der Waals surface area (Å²) in [6, 6.07) is 2.05. The van der Waals surface area contributed by atoms with E-state index in [1.165, 1.54) is 23.1 Å². The van der Waals surface area contributed by atoms with Crippen LogP contribution in [0.15, 0.2) is 14.2 Å². The number of aromatic amines is 1. The number of esters is 1. The highest BCUT2D eigenvalue weighted by molar-refractivity contribution is 8.00. The van der Waals surface area contributed by atoms with Crippen molar-refractivity contribution in [1.82, 2.24) is 9.97 Å². The molecule has 0 amide bonds. The van der Waals surface area contributed by atoms with Gasteiger partial charge in [-0.05, 0) is 13.2 Å². The SMILES string of the molecule is CCOC(=O)CSc1nc2sc(SC)c(C#N)c2c(=O)[nH]1. The minimum absolute atomic E-state index is 0.0775. The quantitative estimate of drug-likeness (QED) is 0.506. The molecule has 1 N–H and O–H groups in total. The summed E-state index contributed by atoms with van der Waals surface area (Å²) < 4.78 is 5.58. The predicted molar refractivity (Wildman–Crippen MR) is 84.1 cm³/mol. The smallest absolute Gasteiger partial charge is 0.316 e. The molecule has 110 valence electrons. The second-order valence-electron chi connectivity index (χ2n) is 3.73. The van der Waals surface area contributed by atoms with Crippen LogP contribution >= 0.6 is 34.9 Å². The fourth-order valence-corrected chi connectivity index (χ4v) is 4.11. The van der Waals surface area contributed by atoms with Crippen LogP contribution in [-0.4, -0.2) is 34.6 Å². The van der Waals surface area contributed by atoms with E-state index in [4.69, 9.17) is 10.00 Å². The second-order valence-corrected chi connectivity index (χ2v) is 6.76. The number of fused-ring (bicyclic) bond motifs is 1. The molecule has 0 bridgehead atoms. The maximum Gasteiger partial charge on any atom is 0.316 e. The highest BCUT2D eigenvalue weighted by Crippen LogP contribution is 2.34. The zero-order valence-corrected chi connectivity index (χ0v) is 13.7. The predicted octanol–water partition coefficient (Wildman–Crippen LogP) is 2.23. The lowest BCUT2D eigenvalue weighted by molar-refractivity contribution is -0.139. The Morgan fingerprint density at radius 1 is 1.57 bits per heavy atom. The molecule has 0 aliphatic carbocycles. The van der Waals surface area contributed by atoms with Crippen LogP contribution in [0.25, 0.3) is 10.2 Å². The summed E-state index contributed by atoms with van der Waals surface area (Å²) in [4.78, 5) is 30.8. The minimum Gasteiger partial charge on any atom is -0.465 e. The van der Waals surface area contributed by atoms with E-state index in [1.807, 2.05) is 12.3 Å². The molecule has 6 nitrogen and oxygen atoms in total. The van der Waals surface area contributed by atoms with Crippen LogP contribution in [0.5, 0.6) is 0 Å². The van der Waals surface area contributed by atoms with Crippen molar-refractivity contribution >= 4 is 51.0 Å². The summed E-state index contributed by atoms with van der Waals surface area (Å²) in [7, 11) is 0. The number of thiophene rings is 1. The van der Waals surface area contributed by atoms with E-state index in [-0.39, 0.29) is 17.3 Å². The first-order valence-electron chi connectivity index (χ1n) is 5.90. The number of nitriles is 1. The number of H-pyrrole nitrogens is 1. The van der Waals surface area contributed by atoms with Gasteiger partial charge in [0.2, 0.25) is 0 Å². The molecule has 9 heteroatoms. The van der Waals surface area contributed by atoms with E-state index < -0.39 is 0 Å². The summed E-state index contributed by atoms with van der Waals surface area (Å²) >= 11 is 3.81. The van der Waals surface area contributed by atoms with E-state index in [0.717, 1.165) is 16.0 Å². The molecule has 2 aromatic rings. The van der Waals surface area contributed by atoms with Crippen LogP contribution in [0.2, 0.25) is 0 Å². The van der Waals surface area contributed by atoms with Gasteiger partial charge < -0.3 is 9.72 Å². The number of nitrogens with one attached hydrogen (secondary N) is 1. The number of hydrogen-bond donors (Lipinski definition) is 1. The van der Waals surface area contributed by atoms with Crippen molar-refractivity contribution in [2.24, 2.45) is 0 Å². The van der Waals surface area contributed by atoms with Crippen molar-refractivity contribution in [3.8, 4) is 6.07 Å². The Balaban J connectivity index is 2.36. The van der Waals surface area contributed by atoms with Crippen LogP contribution < -0.4 is 5.56 Å². The molecule has 0 aromatic carbocycles. The number of aromatic nitrogens is 2. The number of ether oxygens (including phenoxy) is 1. The zero-order chi connectivity index (χ0) is 15.4. The van der Waals surface area contributed by atoms with Gasteiger partial charge in [-0.1, -0.05) is 11.8 Å². The van der Waals surface area contributed by atoms with E-state index >= 15 is 0 Å². The molecule has 2 heterocycles. The van der Waals surface area contributed by atoms with Crippen molar-refractivity contribution in [1.29, 1.82) is 5.26 Å². The van der Waals surface area contributed by atoms with Crippen LogP contribution in [0.1, 0.15) is 12.5 Å². The molecule has 2 aromatic heterocycles. The Labute approximate surface area is 132 Å². The third-order valence-corrected chi connectivity index (χ3v) is 5.49. The molecular weight excluding hydrogens is 330 g/mol. The molecule has 0 fully saturated rings. The molecule has 0 saturated carbocycles. The van der Waals surface area contributed by atoms with Gasteiger partial charge in [0.15, 0.2) is 5.16 Å². The third-order valence-electron chi connectivity index (χ3n) is 2.44. The monoisotopic (exact) mass is 341 g/mol. The number of nitrogens with zero attached hydrogens (tertiary/aromatic N) is 2. The van der Waals surface area contributed by atoms with Crippen molar-refractivity contribution in [2.75, 3.05) is 18.6 Å². The summed E-state index contributed by atoms with van der Waals surface area (Å²) in [6.45, 7) is 2.05.